The highest BCUT2D eigenvalue weighted by Gasteiger charge is 2.27. The summed E-state index contributed by atoms with van der Waals surface area (Å²) < 4.78 is 30.6. The zero-order chi connectivity index (χ0) is 11.4. The van der Waals surface area contributed by atoms with E-state index in [4.69, 9.17) is 18.4 Å². The first-order chi connectivity index (χ1) is 6.19. The summed E-state index contributed by atoms with van der Waals surface area (Å²) >= 11 is 0. The molecule has 86 valence electrons. The van der Waals surface area contributed by atoms with Crippen LogP contribution in [0.4, 0.5) is 0 Å². The SMILES string of the molecule is CCC(C)(C)C(=O)OCCS(O)(O)O. The van der Waals surface area contributed by atoms with Crippen LogP contribution in [0, 0.1) is 5.41 Å². The minimum Gasteiger partial charge on any atom is -0.464 e. The largest absolute Gasteiger partial charge is 0.464 e. The van der Waals surface area contributed by atoms with Crippen molar-refractivity contribution in [3.05, 3.63) is 0 Å². The summed E-state index contributed by atoms with van der Waals surface area (Å²) in [5, 5.41) is 0. The number of carbonyl (C=O) groups is 1. The van der Waals surface area contributed by atoms with E-state index in [1.54, 1.807) is 13.8 Å². The summed E-state index contributed by atoms with van der Waals surface area (Å²) in [6, 6.07) is 0. The van der Waals surface area contributed by atoms with Crippen LogP contribution in [0.5, 0.6) is 0 Å². The molecule has 3 N–H and O–H groups in total. The lowest BCUT2D eigenvalue weighted by molar-refractivity contribution is -0.153. The molecule has 0 rings (SSSR count). The van der Waals surface area contributed by atoms with E-state index in [1.165, 1.54) is 0 Å². The highest BCUT2D eigenvalue weighted by Crippen LogP contribution is 2.31. The van der Waals surface area contributed by atoms with Crippen LogP contribution in [-0.2, 0) is 9.53 Å². The van der Waals surface area contributed by atoms with Gasteiger partial charge in [0.05, 0.1) is 22.0 Å². The molecule has 5 nitrogen and oxygen atoms in total. The van der Waals surface area contributed by atoms with E-state index in [1.807, 2.05) is 6.92 Å². The van der Waals surface area contributed by atoms with Crippen molar-refractivity contribution in [1.29, 1.82) is 0 Å². The molecule has 0 amide bonds. The first-order valence-electron chi connectivity index (χ1n) is 4.34. The second-order valence-corrected chi connectivity index (χ2v) is 5.38. The topological polar surface area (TPSA) is 87.0 Å². The molecular weight excluding hydrogens is 208 g/mol. The third-order valence-electron chi connectivity index (χ3n) is 2.03. The predicted molar refractivity (Wildman–Crippen MR) is 55.4 cm³/mol. The van der Waals surface area contributed by atoms with Crippen LogP contribution in [0.1, 0.15) is 27.2 Å². The summed E-state index contributed by atoms with van der Waals surface area (Å²) in [5.74, 6) is -0.734. The highest BCUT2D eigenvalue weighted by atomic mass is 32.3. The zero-order valence-electron chi connectivity index (χ0n) is 8.69. The Morgan fingerprint density at radius 2 is 1.86 bits per heavy atom. The Labute approximate surface area is 85.6 Å². The molecular formula is C8H18O5S. The maximum absolute atomic E-state index is 11.3. The Morgan fingerprint density at radius 1 is 1.36 bits per heavy atom. The van der Waals surface area contributed by atoms with E-state index in [9.17, 15) is 4.79 Å². The number of rotatable bonds is 5. The van der Waals surface area contributed by atoms with Crippen molar-refractivity contribution < 1.29 is 23.2 Å². The molecule has 0 fully saturated rings. The van der Waals surface area contributed by atoms with Crippen LogP contribution in [-0.4, -0.2) is 32.0 Å². The van der Waals surface area contributed by atoms with Crippen molar-refractivity contribution in [3.8, 4) is 0 Å². The van der Waals surface area contributed by atoms with Gasteiger partial charge in [-0.3, -0.25) is 4.79 Å². The standard InChI is InChI=1S/C8H18O5S/c1-4-8(2,3)7(9)13-5-6-14(10,11)12/h10-12H,4-6H2,1-3H3. The molecule has 0 aromatic rings. The van der Waals surface area contributed by atoms with Gasteiger partial charge in [0.15, 0.2) is 0 Å². The van der Waals surface area contributed by atoms with E-state index >= 15 is 0 Å². The summed E-state index contributed by atoms with van der Waals surface area (Å²) in [6.45, 7) is 5.17. The average Bonchev–Trinajstić information content (AvgIpc) is 2.02. The average molecular weight is 226 g/mol. The minimum absolute atomic E-state index is 0.179. The van der Waals surface area contributed by atoms with Crippen molar-refractivity contribution in [3.63, 3.8) is 0 Å². The van der Waals surface area contributed by atoms with Crippen LogP contribution in [0.15, 0.2) is 0 Å². The molecule has 0 saturated heterocycles. The van der Waals surface area contributed by atoms with E-state index in [0.717, 1.165) is 0 Å². The monoisotopic (exact) mass is 226 g/mol. The summed E-state index contributed by atoms with van der Waals surface area (Å²) in [7, 11) is -3.55. The first kappa shape index (κ1) is 13.7. The fourth-order valence-corrected chi connectivity index (χ4v) is 0.893. The van der Waals surface area contributed by atoms with Crippen molar-refractivity contribution in [2.24, 2.45) is 5.41 Å². The fraction of sp³-hybridized carbons (Fsp3) is 0.875. The van der Waals surface area contributed by atoms with Gasteiger partial charge in [0, 0.05) is 0 Å². The molecule has 0 unspecified atom stereocenters. The number of carbonyl (C=O) groups excluding carboxylic acids is 1. The zero-order valence-corrected chi connectivity index (χ0v) is 9.50. The number of esters is 1. The third-order valence-corrected chi connectivity index (χ3v) is 2.74. The van der Waals surface area contributed by atoms with Crippen LogP contribution in [0.3, 0.4) is 0 Å². The molecule has 0 heterocycles. The quantitative estimate of drug-likeness (QED) is 0.625. The number of hydrogen-bond acceptors (Lipinski definition) is 5. The molecule has 0 bridgehead atoms. The predicted octanol–water partition coefficient (Wildman–Crippen LogP) is 2.19. The van der Waals surface area contributed by atoms with Crippen LogP contribution in [0.2, 0.25) is 0 Å². The van der Waals surface area contributed by atoms with E-state index < -0.39 is 22.3 Å². The highest BCUT2D eigenvalue weighted by molar-refractivity contribution is 8.19. The normalized spacial score (nSPS) is 13.9. The van der Waals surface area contributed by atoms with E-state index in [-0.39, 0.29) is 12.4 Å². The Kier molecular flexibility index (Phi) is 4.87. The Hall–Kier alpha value is -0.300. The van der Waals surface area contributed by atoms with Gasteiger partial charge < -0.3 is 18.4 Å². The van der Waals surface area contributed by atoms with Crippen LogP contribution in [0.25, 0.3) is 0 Å². The van der Waals surface area contributed by atoms with Crippen molar-refractivity contribution in [2.45, 2.75) is 27.2 Å². The van der Waals surface area contributed by atoms with Gasteiger partial charge in [0.1, 0.15) is 6.61 Å². The maximum Gasteiger partial charge on any atom is 0.311 e. The van der Waals surface area contributed by atoms with E-state index in [0.29, 0.717) is 6.42 Å². The van der Waals surface area contributed by atoms with Crippen molar-refractivity contribution >= 4 is 16.8 Å². The second kappa shape index (κ2) is 4.97. The minimum atomic E-state index is -3.55. The fourth-order valence-electron chi connectivity index (χ4n) is 0.586. The van der Waals surface area contributed by atoms with E-state index in [2.05, 4.69) is 0 Å². The summed E-state index contributed by atoms with van der Waals surface area (Å²) in [5.41, 5.74) is -0.571. The van der Waals surface area contributed by atoms with Crippen molar-refractivity contribution in [1.82, 2.24) is 0 Å². The summed E-state index contributed by atoms with van der Waals surface area (Å²) in [6.07, 6.45) is 0.640. The molecule has 0 aromatic carbocycles. The molecule has 0 aliphatic carbocycles. The lowest BCUT2D eigenvalue weighted by Crippen LogP contribution is -2.27. The Bertz CT molecular complexity index is 196. The van der Waals surface area contributed by atoms with Crippen LogP contribution >= 0.6 is 10.9 Å². The van der Waals surface area contributed by atoms with Crippen LogP contribution < -0.4 is 0 Å². The van der Waals surface area contributed by atoms with Gasteiger partial charge in [-0.1, -0.05) is 6.92 Å². The summed E-state index contributed by atoms with van der Waals surface area (Å²) in [4.78, 5) is 11.3. The van der Waals surface area contributed by atoms with Gasteiger partial charge in [-0.15, -0.1) is 0 Å². The Balaban J connectivity index is 3.87. The first-order valence-corrected chi connectivity index (χ1v) is 6.02. The molecule has 0 aliphatic rings. The maximum atomic E-state index is 11.3. The third kappa shape index (κ3) is 5.43. The number of ether oxygens (including phenoxy) is 1. The van der Waals surface area contributed by atoms with Gasteiger partial charge in [-0.2, -0.15) is 0 Å². The smallest absolute Gasteiger partial charge is 0.311 e. The molecule has 0 aromatic heterocycles. The lowest BCUT2D eigenvalue weighted by Gasteiger charge is -2.22. The van der Waals surface area contributed by atoms with Gasteiger partial charge >= 0.3 is 5.97 Å². The Morgan fingerprint density at radius 3 is 2.21 bits per heavy atom. The van der Waals surface area contributed by atoms with Crippen molar-refractivity contribution in [2.75, 3.05) is 12.4 Å². The molecule has 0 radical (unpaired) electrons. The van der Waals surface area contributed by atoms with Gasteiger partial charge in [-0.05, 0) is 20.3 Å². The van der Waals surface area contributed by atoms with Gasteiger partial charge in [0.2, 0.25) is 0 Å². The molecule has 6 heteroatoms. The molecule has 14 heavy (non-hydrogen) atoms. The van der Waals surface area contributed by atoms with Gasteiger partial charge in [0.25, 0.3) is 0 Å². The molecule has 0 spiro atoms. The lowest BCUT2D eigenvalue weighted by atomic mass is 9.91. The molecule has 0 saturated carbocycles. The molecule has 0 aliphatic heterocycles. The molecule has 0 atom stereocenters. The van der Waals surface area contributed by atoms with Gasteiger partial charge in [-0.25, -0.2) is 0 Å². The second-order valence-electron chi connectivity index (χ2n) is 3.71. The number of hydrogen-bond donors (Lipinski definition) is 3.